The van der Waals surface area contributed by atoms with E-state index in [1.54, 1.807) is 0 Å². The fraction of sp³-hybridized carbons (Fsp3) is 0.250. The summed E-state index contributed by atoms with van der Waals surface area (Å²) >= 11 is 15.5. The van der Waals surface area contributed by atoms with Gasteiger partial charge in [-0.1, -0.05) is 27.5 Å². The van der Waals surface area contributed by atoms with Crippen LogP contribution in [0.25, 0.3) is 5.69 Å². The van der Waals surface area contributed by atoms with Crippen molar-refractivity contribution in [3.05, 3.63) is 44.6 Å². The normalized spacial score (nSPS) is 10.9. The highest BCUT2D eigenvalue weighted by atomic mass is 79.9. The van der Waals surface area contributed by atoms with Gasteiger partial charge in [0.05, 0.1) is 22.1 Å². The summed E-state index contributed by atoms with van der Waals surface area (Å²) in [6, 6.07) is 5.94. The van der Waals surface area contributed by atoms with Crippen LogP contribution in [0.5, 0.6) is 0 Å². The molecule has 0 saturated heterocycles. The van der Waals surface area contributed by atoms with E-state index in [4.69, 9.17) is 23.2 Å². The molecule has 5 heteroatoms. The van der Waals surface area contributed by atoms with Crippen LogP contribution >= 0.6 is 39.1 Å². The third-order valence-corrected chi connectivity index (χ3v) is 3.94. The molecule has 0 spiro atoms. The number of hydrogen-bond acceptors (Lipinski definition) is 1. The quantitative estimate of drug-likeness (QED) is 0.732. The van der Waals surface area contributed by atoms with Crippen molar-refractivity contribution < 1.29 is 0 Å². The Kier molecular flexibility index (Phi) is 3.81. The molecule has 2 nitrogen and oxygen atoms in total. The zero-order valence-corrected chi connectivity index (χ0v) is 12.6. The minimum atomic E-state index is 0.435. The maximum atomic E-state index is 6.15. The SMILES string of the molecule is Cc1nn(-c2ccc(Br)cc2CCl)c(C)c1Cl. The van der Waals surface area contributed by atoms with Gasteiger partial charge in [-0.05, 0) is 37.6 Å². The molecule has 0 fully saturated rings. The molecule has 1 aromatic carbocycles. The molecule has 0 bridgehead atoms. The second-order valence-corrected chi connectivity index (χ2v) is 5.36. The van der Waals surface area contributed by atoms with E-state index < -0.39 is 0 Å². The van der Waals surface area contributed by atoms with Gasteiger partial charge in [-0.25, -0.2) is 4.68 Å². The number of halogens is 3. The maximum absolute atomic E-state index is 6.15. The van der Waals surface area contributed by atoms with Crippen LogP contribution < -0.4 is 0 Å². The highest BCUT2D eigenvalue weighted by molar-refractivity contribution is 9.10. The van der Waals surface area contributed by atoms with Gasteiger partial charge >= 0.3 is 0 Å². The lowest BCUT2D eigenvalue weighted by Gasteiger charge is -2.09. The highest BCUT2D eigenvalue weighted by Gasteiger charge is 2.13. The lowest BCUT2D eigenvalue weighted by Crippen LogP contribution is -2.02. The first kappa shape index (κ1) is 12.9. The number of aromatic nitrogens is 2. The first-order valence-electron chi connectivity index (χ1n) is 5.11. The minimum absolute atomic E-state index is 0.435. The molecule has 0 amide bonds. The van der Waals surface area contributed by atoms with Crippen LogP contribution in [0.2, 0.25) is 5.02 Å². The zero-order valence-electron chi connectivity index (χ0n) is 9.47. The van der Waals surface area contributed by atoms with Gasteiger partial charge in [0.2, 0.25) is 0 Å². The lowest BCUT2D eigenvalue weighted by molar-refractivity contribution is 0.826. The lowest BCUT2D eigenvalue weighted by atomic mass is 10.2. The Balaban J connectivity index is 2.64. The van der Waals surface area contributed by atoms with Crippen molar-refractivity contribution in [1.29, 1.82) is 0 Å². The second-order valence-electron chi connectivity index (χ2n) is 3.80. The van der Waals surface area contributed by atoms with Gasteiger partial charge in [-0.2, -0.15) is 5.10 Å². The van der Waals surface area contributed by atoms with Gasteiger partial charge < -0.3 is 0 Å². The van der Waals surface area contributed by atoms with E-state index in [0.717, 1.165) is 27.1 Å². The number of hydrogen-bond donors (Lipinski definition) is 0. The number of alkyl halides is 1. The monoisotopic (exact) mass is 332 g/mol. The molecule has 0 aliphatic heterocycles. The van der Waals surface area contributed by atoms with Crippen LogP contribution in [0.1, 0.15) is 17.0 Å². The summed E-state index contributed by atoms with van der Waals surface area (Å²) in [5.41, 5.74) is 3.74. The zero-order chi connectivity index (χ0) is 12.6. The van der Waals surface area contributed by atoms with E-state index >= 15 is 0 Å². The van der Waals surface area contributed by atoms with Crippen molar-refractivity contribution in [1.82, 2.24) is 9.78 Å². The van der Waals surface area contributed by atoms with Crippen LogP contribution in [0.3, 0.4) is 0 Å². The van der Waals surface area contributed by atoms with Crippen LogP contribution in [0, 0.1) is 13.8 Å². The van der Waals surface area contributed by atoms with E-state index in [1.807, 2.05) is 36.7 Å². The summed E-state index contributed by atoms with van der Waals surface area (Å²) in [4.78, 5) is 0. The molecule has 0 saturated carbocycles. The molecule has 1 heterocycles. The average molecular weight is 334 g/mol. The molecule has 0 aliphatic rings. The Morgan fingerprint density at radius 2 is 2.06 bits per heavy atom. The van der Waals surface area contributed by atoms with E-state index in [1.165, 1.54) is 0 Å². The Morgan fingerprint density at radius 1 is 1.35 bits per heavy atom. The summed E-state index contributed by atoms with van der Waals surface area (Å²) in [5, 5.41) is 5.13. The molecule has 2 aromatic rings. The molecule has 0 N–H and O–H groups in total. The first-order chi connectivity index (χ1) is 8.04. The fourth-order valence-electron chi connectivity index (χ4n) is 1.73. The molecule has 0 atom stereocenters. The third-order valence-electron chi connectivity index (χ3n) is 2.62. The Bertz CT molecular complexity index is 564. The number of aryl methyl sites for hydroxylation is 1. The number of benzene rings is 1. The summed E-state index contributed by atoms with van der Waals surface area (Å²) in [6.07, 6.45) is 0. The smallest absolute Gasteiger partial charge is 0.0848 e. The van der Waals surface area contributed by atoms with E-state index in [-0.39, 0.29) is 0 Å². The van der Waals surface area contributed by atoms with Crippen molar-refractivity contribution in [2.45, 2.75) is 19.7 Å². The van der Waals surface area contributed by atoms with Gasteiger partial charge in [0.15, 0.2) is 0 Å². The van der Waals surface area contributed by atoms with Gasteiger partial charge in [0.1, 0.15) is 0 Å². The van der Waals surface area contributed by atoms with Gasteiger partial charge in [0.25, 0.3) is 0 Å². The average Bonchev–Trinajstić information content (AvgIpc) is 2.57. The summed E-state index contributed by atoms with van der Waals surface area (Å²) in [5.74, 6) is 0.435. The first-order valence-corrected chi connectivity index (χ1v) is 6.81. The Hall–Kier alpha value is -0.510. The minimum Gasteiger partial charge on any atom is -0.236 e. The Morgan fingerprint density at radius 3 is 2.59 bits per heavy atom. The molecule has 90 valence electrons. The van der Waals surface area contributed by atoms with E-state index in [0.29, 0.717) is 10.9 Å². The fourth-order valence-corrected chi connectivity index (χ4v) is 2.47. The van der Waals surface area contributed by atoms with Gasteiger partial charge in [0, 0.05) is 10.4 Å². The second kappa shape index (κ2) is 5.01. The van der Waals surface area contributed by atoms with Crippen molar-refractivity contribution in [3.8, 4) is 5.69 Å². The molecule has 17 heavy (non-hydrogen) atoms. The van der Waals surface area contributed by atoms with Crippen LogP contribution in [-0.2, 0) is 5.88 Å². The van der Waals surface area contributed by atoms with Crippen molar-refractivity contribution in [2.24, 2.45) is 0 Å². The van der Waals surface area contributed by atoms with Crippen molar-refractivity contribution >= 4 is 39.1 Å². The number of rotatable bonds is 2. The summed E-state index contributed by atoms with van der Waals surface area (Å²) < 4.78 is 2.84. The summed E-state index contributed by atoms with van der Waals surface area (Å²) in [6.45, 7) is 3.84. The van der Waals surface area contributed by atoms with Crippen LogP contribution in [0.15, 0.2) is 22.7 Å². The Labute approximate surface area is 119 Å². The largest absolute Gasteiger partial charge is 0.236 e. The molecule has 0 aliphatic carbocycles. The standard InChI is InChI=1S/C12H11BrCl2N2/c1-7-12(15)8(2)17(16-7)11-4-3-10(13)5-9(11)6-14/h3-5H,6H2,1-2H3. The molecule has 0 radical (unpaired) electrons. The molecule has 0 unspecified atom stereocenters. The predicted octanol–water partition coefficient (Wildman–Crippen LogP) is 4.64. The van der Waals surface area contributed by atoms with Crippen LogP contribution in [-0.4, -0.2) is 9.78 Å². The van der Waals surface area contributed by atoms with Crippen molar-refractivity contribution in [2.75, 3.05) is 0 Å². The van der Waals surface area contributed by atoms with Gasteiger partial charge in [-0.3, -0.25) is 0 Å². The predicted molar refractivity (Wildman–Crippen MR) is 75.3 cm³/mol. The molecule has 2 rings (SSSR count). The van der Waals surface area contributed by atoms with E-state index in [2.05, 4.69) is 21.0 Å². The molecular weight excluding hydrogens is 323 g/mol. The topological polar surface area (TPSA) is 17.8 Å². The highest BCUT2D eigenvalue weighted by Crippen LogP contribution is 2.26. The van der Waals surface area contributed by atoms with E-state index in [9.17, 15) is 0 Å². The summed E-state index contributed by atoms with van der Waals surface area (Å²) in [7, 11) is 0. The van der Waals surface area contributed by atoms with Crippen LogP contribution in [0.4, 0.5) is 0 Å². The number of nitrogens with zero attached hydrogens (tertiary/aromatic N) is 2. The maximum Gasteiger partial charge on any atom is 0.0848 e. The van der Waals surface area contributed by atoms with Crippen molar-refractivity contribution in [3.63, 3.8) is 0 Å². The molecular formula is C12H11BrCl2N2. The van der Waals surface area contributed by atoms with Gasteiger partial charge in [-0.15, -0.1) is 11.6 Å². The molecule has 1 aromatic heterocycles. The third kappa shape index (κ3) is 2.37.